The van der Waals surface area contributed by atoms with Crippen LogP contribution in [0.5, 0.6) is 0 Å². The van der Waals surface area contributed by atoms with Crippen LogP contribution in [0.2, 0.25) is 0 Å². The topological polar surface area (TPSA) is 94.6 Å². The largest absolute Gasteiger partial charge is 0.478 e. The van der Waals surface area contributed by atoms with Gasteiger partial charge in [-0.1, -0.05) is 18.6 Å². The van der Waals surface area contributed by atoms with Gasteiger partial charge in [-0.25, -0.2) is 4.79 Å². The van der Waals surface area contributed by atoms with Crippen LogP contribution in [0.3, 0.4) is 0 Å². The molecule has 7 nitrogen and oxygen atoms in total. The average Bonchev–Trinajstić information content (AvgIpc) is 3.18. The van der Waals surface area contributed by atoms with E-state index in [1.807, 2.05) is 24.3 Å². The van der Waals surface area contributed by atoms with E-state index in [9.17, 15) is 14.7 Å². The highest BCUT2D eigenvalue weighted by molar-refractivity contribution is 6.37. The second kappa shape index (κ2) is 9.49. The molecule has 0 atom stereocenters. The molecule has 34 heavy (non-hydrogen) atoms. The van der Waals surface area contributed by atoms with Crippen LogP contribution in [-0.2, 0) is 11.3 Å². The van der Waals surface area contributed by atoms with Crippen molar-refractivity contribution in [3.05, 3.63) is 89.2 Å². The molecule has 1 amide bonds. The van der Waals surface area contributed by atoms with Crippen molar-refractivity contribution in [2.45, 2.75) is 25.8 Å². The summed E-state index contributed by atoms with van der Waals surface area (Å²) < 4.78 is 0. The number of benzene rings is 2. The minimum Gasteiger partial charge on any atom is -0.478 e. The van der Waals surface area contributed by atoms with Crippen LogP contribution < -0.4 is 10.6 Å². The standard InChI is InChI=1S/C27H26N4O3/c32-26-24(22-15-19(27(33)34)9-10-23(22)30-26)25(20-7-5-11-28-16-20)29-21-8-4-6-18(14-21)17-31-12-2-1-3-13-31/h4-11,14-16,29H,1-3,12-13,17H2,(H,30,32)(H,33,34)/b25-24-. The van der Waals surface area contributed by atoms with Gasteiger partial charge >= 0.3 is 5.97 Å². The molecule has 2 aliphatic rings. The first-order valence-corrected chi connectivity index (χ1v) is 11.5. The second-order valence-corrected chi connectivity index (χ2v) is 8.67. The lowest BCUT2D eigenvalue weighted by Crippen LogP contribution is -2.29. The number of likely N-dealkylation sites (tertiary alicyclic amines) is 1. The van der Waals surface area contributed by atoms with Gasteiger partial charge in [0.25, 0.3) is 5.91 Å². The van der Waals surface area contributed by atoms with Gasteiger partial charge < -0.3 is 15.7 Å². The zero-order chi connectivity index (χ0) is 23.5. The van der Waals surface area contributed by atoms with Crippen LogP contribution in [0.1, 0.15) is 46.3 Å². The molecule has 3 aromatic rings. The molecular formula is C27H26N4O3. The zero-order valence-electron chi connectivity index (χ0n) is 18.8. The van der Waals surface area contributed by atoms with Gasteiger partial charge in [-0.15, -0.1) is 0 Å². The van der Waals surface area contributed by atoms with Crippen molar-refractivity contribution < 1.29 is 14.7 Å². The number of nitrogens with zero attached hydrogens (tertiary/aromatic N) is 2. The van der Waals surface area contributed by atoms with E-state index in [0.29, 0.717) is 22.5 Å². The quantitative estimate of drug-likeness (QED) is 0.468. The molecular weight excluding hydrogens is 428 g/mol. The van der Waals surface area contributed by atoms with E-state index >= 15 is 0 Å². The van der Waals surface area contributed by atoms with Gasteiger partial charge in [0.15, 0.2) is 0 Å². The summed E-state index contributed by atoms with van der Waals surface area (Å²) in [5, 5.41) is 15.8. The SMILES string of the molecule is O=C1Nc2ccc(C(=O)O)cc2/C1=C(/Nc1cccc(CN2CCCCC2)c1)c1cccnc1. The summed E-state index contributed by atoms with van der Waals surface area (Å²) in [6, 6.07) is 16.6. The van der Waals surface area contributed by atoms with E-state index in [-0.39, 0.29) is 11.5 Å². The molecule has 1 aromatic heterocycles. The molecule has 1 saturated heterocycles. The summed E-state index contributed by atoms with van der Waals surface area (Å²) >= 11 is 0. The van der Waals surface area contributed by atoms with Crippen LogP contribution in [-0.4, -0.2) is 40.0 Å². The summed E-state index contributed by atoms with van der Waals surface area (Å²) in [5.41, 5.74) is 5.05. The molecule has 3 heterocycles. The third kappa shape index (κ3) is 4.56. The number of fused-ring (bicyclic) bond motifs is 1. The Balaban J connectivity index is 1.55. The first kappa shape index (κ1) is 21.9. The predicted octanol–water partition coefficient (Wildman–Crippen LogP) is 4.70. The number of hydrogen-bond acceptors (Lipinski definition) is 5. The van der Waals surface area contributed by atoms with E-state index in [1.54, 1.807) is 18.5 Å². The van der Waals surface area contributed by atoms with Gasteiger partial charge in [-0.2, -0.15) is 0 Å². The number of amides is 1. The lowest BCUT2D eigenvalue weighted by atomic mass is 9.99. The van der Waals surface area contributed by atoms with Crippen molar-refractivity contribution in [3.8, 4) is 0 Å². The van der Waals surface area contributed by atoms with Crippen LogP contribution in [0.25, 0.3) is 11.3 Å². The summed E-state index contributed by atoms with van der Waals surface area (Å²) in [6.45, 7) is 3.12. The molecule has 0 saturated carbocycles. The highest BCUT2D eigenvalue weighted by atomic mass is 16.4. The van der Waals surface area contributed by atoms with Gasteiger partial charge in [0.05, 0.1) is 16.8 Å². The molecule has 5 rings (SSSR count). The van der Waals surface area contributed by atoms with E-state index in [0.717, 1.165) is 30.9 Å². The monoisotopic (exact) mass is 454 g/mol. The van der Waals surface area contributed by atoms with Gasteiger partial charge in [-0.3, -0.25) is 14.7 Å². The number of nitrogens with one attached hydrogen (secondary N) is 2. The van der Waals surface area contributed by atoms with Crippen LogP contribution in [0.4, 0.5) is 11.4 Å². The fourth-order valence-corrected chi connectivity index (χ4v) is 4.61. The maximum absolute atomic E-state index is 13.1. The molecule has 0 spiro atoms. The van der Waals surface area contributed by atoms with Gasteiger partial charge in [-0.05, 0) is 74.0 Å². The van der Waals surface area contributed by atoms with Crippen molar-refractivity contribution in [3.63, 3.8) is 0 Å². The molecule has 2 aromatic carbocycles. The molecule has 0 radical (unpaired) electrons. The first-order chi connectivity index (χ1) is 16.6. The number of aromatic nitrogens is 1. The Hall–Kier alpha value is -3.97. The van der Waals surface area contributed by atoms with E-state index < -0.39 is 5.97 Å². The number of carbonyl (C=O) groups is 2. The van der Waals surface area contributed by atoms with Crippen LogP contribution in [0, 0.1) is 0 Å². The molecule has 7 heteroatoms. The van der Waals surface area contributed by atoms with E-state index in [4.69, 9.17) is 0 Å². The Kier molecular flexibility index (Phi) is 6.10. The number of rotatable bonds is 6. The Morgan fingerprint density at radius 2 is 1.88 bits per heavy atom. The minimum absolute atomic E-state index is 0.127. The molecule has 0 bridgehead atoms. The Morgan fingerprint density at radius 3 is 2.65 bits per heavy atom. The molecule has 0 unspecified atom stereocenters. The summed E-state index contributed by atoms with van der Waals surface area (Å²) in [5.74, 6) is -1.32. The Labute approximate surface area is 198 Å². The fourth-order valence-electron chi connectivity index (χ4n) is 4.61. The number of aromatic carboxylic acids is 1. The number of piperidine rings is 1. The van der Waals surface area contributed by atoms with E-state index in [1.165, 1.54) is 37.0 Å². The normalized spacial score (nSPS) is 17.1. The smallest absolute Gasteiger partial charge is 0.335 e. The van der Waals surface area contributed by atoms with Gasteiger partial charge in [0.2, 0.25) is 0 Å². The molecule has 172 valence electrons. The molecule has 1 fully saturated rings. The number of carbonyl (C=O) groups excluding carboxylic acids is 1. The third-order valence-corrected chi connectivity index (χ3v) is 6.26. The summed E-state index contributed by atoms with van der Waals surface area (Å²) in [4.78, 5) is 31.3. The first-order valence-electron chi connectivity index (χ1n) is 11.5. The summed E-state index contributed by atoms with van der Waals surface area (Å²) in [7, 11) is 0. The maximum Gasteiger partial charge on any atom is 0.335 e. The number of hydrogen-bond donors (Lipinski definition) is 3. The van der Waals surface area contributed by atoms with Gasteiger partial charge in [0.1, 0.15) is 0 Å². The molecule has 0 aliphatic carbocycles. The zero-order valence-corrected chi connectivity index (χ0v) is 18.8. The van der Waals surface area contributed by atoms with Crippen molar-refractivity contribution >= 4 is 34.5 Å². The average molecular weight is 455 g/mol. The van der Waals surface area contributed by atoms with Crippen LogP contribution >= 0.6 is 0 Å². The lowest BCUT2D eigenvalue weighted by Gasteiger charge is -2.26. The fraction of sp³-hybridized carbons (Fsp3) is 0.222. The summed E-state index contributed by atoms with van der Waals surface area (Å²) in [6.07, 6.45) is 7.15. The van der Waals surface area contributed by atoms with E-state index in [2.05, 4.69) is 32.7 Å². The van der Waals surface area contributed by atoms with Crippen molar-refractivity contribution in [2.24, 2.45) is 0 Å². The third-order valence-electron chi connectivity index (χ3n) is 6.26. The highest BCUT2D eigenvalue weighted by Gasteiger charge is 2.29. The van der Waals surface area contributed by atoms with Crippen molar-refractivity contribution in [2.75, 3.05) is 23.7 Å². The predicted molar refractivity (Wildman–Crippen MR) is 132 cm³/mol. The van der Waals surface area contributed by atoms with Crippen LogP contribution in [0.15, 0.2) is 67.0 Å². The Bertz CT molecular complexity index is 1260. The van der Waals surface area contributed by atoms with Crippen molar-refractivity contribution in [1.29, 1.82) is 0 Å². The number of pyridine rings is 1. The van der Waals surface area contributed by atoms with Gasteiger partial charge in [0, 0.05) is 41.4 Å². The second-order valence-electron chi connectivity index (χ2n) is 8.67. The number of anilines is 2. The molecule has 3 N–H and O–H groups in total. The Morgan fingerprint density at radius 1 is 1.03 bits per heavy atom. The lowest BCUT2D eigenvalue weighted by molar-refractivity contribution is -0.110. The molecule has 2 aliphatic heterocycles. The highest BCUT2D eigenvalue weighted by Crippen LogP contribution is 2.38. The van der Waals surface area contributed by atoms with Crippen molar-refractivity contribution in [1.82, 2.24) is 9.88 Å². The minimum atomic E-state index is -1.04. The number of carboxylic acids is 1. The number of carboxylic acid groups (broad SMARTS) is 1. The maximum atomic E-state index is 13.1.